The smallest absolute Gasteiger partial charge is 0.135 e. The molecule has 0 aliphatic rings. The normalized spacial score (nSPS) is 9.80. The predicted molar refractivity (Wildman–Crippen MR) is 46.4 cm³/mol. The zero-order valence-electron chi connectivity index (χ0n) is 5.56. The number of Topliss-reactive ketones (excluding diaryl/α,β-unsaturated/α-hetero) is 1. The van der Waals surface area contributed by atoms with E-state index in [2.05, 4.69) is 15.9 Å². The molecule has 0 unspecified atom stereocenters. The summed E-state index contributed by atoms with van der Waals surface area (Å²) in [4.78, 5) is 11.7. The molecule has 1 rings (SSSR count). The van der Waals surface area contributed by atoms with Crippen molar-refractivity contribution < 1.29 is 4.79 Å². The number of hydrogen-bond acceptors (Lipinski definition) is 2. The molecule has 54 valence electrons. The molecule has 0 fully saturated rings. The second-order valence-electron chi connectivity index (χ2n) is 2.08. The van der Waals surface area contributed by atoms with Crippen molar-refractivity contribution in [1.82, 2.24) is 0 Å². The molecule has 0 amide bonds. The summed E-state index contributed by atoms with van der Waals surface area (Å²) in [6.07, 6.45) is 0.566. The zero-order valence-corrected chi connectivity index (χ0v) is 7.96. The van der Waals surface area contributed by atoms with Crippen molar-refractivity contribution >= 4 is 33.0 Å². The largest absolute Gasteiger partial charge is 0.300 e. The Bertz CT molecular complexity index is 242. The second-order valence-corrected chi connectivity index (χ2v) is 4.63. The van der Waals surface area contributed by atoms with Crippen molar-refractivity contribution in [2.24, 2.45) is 0 Å². The van der Waals surface area contributed by atoms with Gasteiger partial charge in [0.15, 0.2) is 0 Å². The molecule has 0 saturated heterocycles. The van der Waals surface area contributed by atoms with E-state index in [4.69, 9.17) is 0 Å². The number of carbonyl (C=O) groups excluding carboxylic acids is 1. The Morgan fingerprint density at radius 1 is 1.70 bits per heavy atom. The quantitative estimate of drug-likeness (QED) is 0.747. The average molecular weight is 219 g/mol. The van der Waals surface area contributed by atoms with Gasteiger partial charge in [-0.3, -0.25) is 4.79 Å². The summed E-state index contributed by atoms with van der Waals surface area (Å²) >= 11 is 4.94. The van der Waals surface area contributed by atoms with E-state index >= 15 is 0 Å². The van der Waals surface area contributed by atoms with Crippen LogP contribution in [-0.2, 0) is 11.2 Å². The minimum atomic E-state index is 0.217. The van der Waals surface area contributed by atoms with Gasteiger partial charge in [-0.1, -0.05) is 0 Å². The van der Waals surface area contributed by atoms with Crippen LogP contribution in [0.5, 0.6) is 0 Å². The van der Waals surface area contributed by atoms with Gasteiger partial charge < -0.3 is 0 Å². The zero-order chi connectivity index (χ0) is 7.56. The van der Waals surface area contributed by atoms with Crippen molar-refractivity contribution in [2.75, 3.05) is 0 Å². The van der Waals surface area contributed by atoms with Gasteiger partial charge in [-0.05, 0) is 35.0 Å². The fourth-order valence-corrected chi connectivity index (χ4v) is 2.25. The highest BCUT2D eigenvalue weighted by Gasteiger charge is 1.99. The molecule has 0 saturated carbocycles. The summed E-state index contributed by atoms with van der Waals surface area (Å²) in [5.41, 5.74) is 0. The molecule has 1 heterocycles. The van der Waals surface area contributed by atoms with Gasteiger partial charge in [0.2, 0.25) is 0 Å². The molecular formula is C7H7BrOS. The first kappa shape index (κ1) is 7.95. The second kappa shape index (κ2) is 3.30. The molecule has 0 aliphatic carbocycles. The van der Waals surface area contributed by atoms with Crippen LogP contribution in [0.3, 0.4) is 0 Å². The van der Waals surface area contributed by atoms with E-state index in [1.807, 2.05) is 12.1 Å². The monoisotopic (exact) mass is 218 g/mol. The molecule has 0 aromatic carbocycles. The van der Waals surface area contributed by atoms with Gasteiger partial charge in [-0.15, -0.1) is 11.3 Å². The fraction of sp³-hybridized carbons (Fsp3) is 0.286. The van der Waals surface area contributed by atoms with E-state index in [1.165, 1.54) is 0 Å². The molecule has 0 bridgehead atoms. The highest BCUT2D eigenvalue weighted by atomic mass is 79.9. The van der Waals surface area contributed by atoms with Gasteiger partial charge in [0.25, 0.3) is 0 Å². The SMILES string of the molecule is CC(=O)Cc1ccc(Br)s1. The molecule has 0 radical (unpaired) electrons. The van der Waals surface area contributed by atoms with Crippen molar-refractivity contribution in [3.8, 4) is 0 Å². The lowest BCUT2D eigenvalue weighted by molar-refractivity contribution is -0.116. The predicted octanol–water partition coefficient (Wildman–Crippen LogP) is 2.64. The van der Waals surface area contributed by atoms with Gasteiger partial charge in [0.1, 0.15) is 5.78 Å². The summed E-state index contributed by atoms with van der Waals surface area (Å²) < 4.78 is 1.09. The Morgan fingerprint density at radius 2 is 2.40 bits per heavy atom. The summed E-state index contributed by atoms with van der Waals surface area (Å²) in [7, 11) is 0. The third kappa shape index (κ3) is 2.23. The summed E-state index contributed by atoms with van der Waals surface area (Å²) in [5.74, 6) is 0.217. The molecule has 0 atom stereocenters. The Balaban J connectivity index is 2.67. The number of thiophene rings is 1. The highest BCUT2D eigenvalue weighted by molar-refractivity contribution is 9.11. The van der Waals surface area contributed by atoms with Crippen LogP contribution in [0.25, 0.3) is 0 Å². The van der Waals surface area contributed by atoms with E-state index in [9.17, 15) is 4.79 Å². The Kier molecular flexibility index (Phi) is 2.63. The summed E-state index contributed by atoms with van der Waals surface area (Å²) in [6, 6.07) is 3.93. The molecule has 3 heteroatoms. The summed E-state index contributed by atoms with van der Waals surface area (Å²) in [6.45, 7) is 1.60. The van der Waals surface area contributed by atoms with Crippen molar-refractivity contribution in [2.45, 2.75) is 13.3 Å². The molecule has 10 heavy (non-hydrogen) atoms. The van der Waals surface area contributed by atoms with Crippen molar-refractivity contribution in [3.63, 3.8) is 0 Å². The lowest BCUT2D eigenvalue weighted by Crippen LogP contribution is -1.92. The van der Waals surface area contributed by atoms with Crippen molar-refractivity contribution in [3.05, 3.63) is 20.8 Å². The third-order valence-electron chi connectivity index (χ3n) is 1.05. The third-order valence-corrected chi connectivity index (χ3v) is 2.68. The van der Waals surface area contributed by atoms with Crippen LogP contribution in [-0.4, -0.2) is 5.78 Å². The number of hydrogen-bond donors (Lipinski definition) is 0. The lowest BCUT2D eigenvalue weighted by atomic mass is 10.3. The van der Waals surface area contributed by atoms with E-state index < -0.39 is 0 Å². The molecule has 1 nitrogen and oxygen atoms in total. The highest BCUT2D eigenvalue weighted by Crippen LogP contribution is 2.22. The number of ketones is 1. The first-order valence-electron chi connectivity index (χ1n) is 2.92. The number of rotatable bonds is 2. The first-order chi connectivity index (χ1) is 4.68. The molecule has 1 aromatic heterocycles. The maximum Gasteiger partial charge on any atom is 0.135 e. The minimum Gasteiger partial charge on any atom is -0.300 e. The molecular weight excluding hydrogens is 212 g/mol. The maximum absolute atomic E-state index is 10.6. The van der Waals surface area contributed by atoms with Gasteiger partial charge >= 0.3 is 0 Å². The Labute approximate surface area is 72.2 Å². The van der Waals surface area contributed by atoms with Crippen LogP contribution in [0.2, 0.25) is 0 Å². The fourth-order valence-electron chi connectivity index (χ4n) is 0.692. The van der Waals surface area contributed by atoms with Gasteiger partial charge in [-0.2, -0.15) is 0 Å². The summed E-state index contributed by atoms with van der Waals surface area (Å²) in [5, 5.41) is 0. The van der Waals surface area contributed by atoms with Gasteiger partial charge in [0, 0.05) is 11.3 Å². The van der Waals surface area contributed by atoms with E-state index in [0.29, 0.717) is 6.42 Å². The van der Waals surface area contributed by atoms with Gasteiger partial charge in [0.05, 0.1) is 3.79 Å². The maximum atomic E-state index is 10.6. The Morgan fingerprint density at radius 3 is 2.80 bits per heavy atom. The van der Waals surface area contributed by atoms with Crippen LogP contribution in [0.15, 0.2) is 15.9 Å². The van der Waals surface area contributed by atoms with Crippen LogP contribution in [0.1, 0.15) is 11.8 Å². The average Bonchev–Trinajstić information content (AvgIpc) is 2.13. The standard InChI is InChI=1S/C7H7BrOS/c1-5(9)4-6-2-3-7(8)10-6/h2-3H,4H2,1H3. The molecule has 0 aliphatic heterocycles. The van der Waals surface area contributed by atoms with E-state index in [-0.39, 0.29) is 5.78 Å². The molecule has 0 N–H and O–H groups in total. The van der Waals surface area contributed by atoms with Gasteiger partial charge in [-0.25, -0.2) is 0 Å². The number of carbonyl (C=O) groups is 1. The van der Waals surface area contributed by atoms with Crippen LogP contribution >= 0.6 is 27.3 Å². The topological polar surface area (TPSA) is 17.1 Å². The van der Waals surface area contributed by atoms with Crippen LogP contribution in [0.4, 0.5) is 0 Å². The van der Waals surface area contributed by atoms with Crippen LogP contribution in [0, 0.1) is 0 Å². The molecule has 0 spiro atoms. The first-order valence-corrected chi connectivity index (χ1v) is 4.53. The van der Waals surface area contributed by atoms with E-state index in [0.717, 1.165) is 8.66 Å². The van der Waals surface area contributed by atoms with E-state index in [1.54, 1.807) is 18.3 Å². The Hall–Kier alpha value is -0.150. The van der Waals surface area contributed by atoms with Crippen molar-refractivity contribution in [1.29, 1.82) is 0 Å². The number of halogens is 1. The molecule has 1 aromatic rings. The minimum absolute atomic E-state index is 0.217. The van der Waals surface area contributed by atoms with Crippen LogP contribution < -0.4 is 0 Å². The lowest BCUT2D eigenvalue weighted by Gasteiger charge is -1.86.